The van der Waals surface area contributed by atoms with E-state index in [1.54, 1.807) is 12.4 Å². The van der Waals surface area contributed by atoms with E-state index in [1.165, 1.54) is 5.56 Å². The van der Waals surface area contributed by atoms with Crippen LogP contribution in [0.4, 0.5) is 0 Å². The van der Waals surface area contributed by atoms with Gasteiger partial charge in [-0.2, -0.15) is 0 Å². The number of hydrogen-bond acceptors (Lipinski definition) is 2. The zero-order chi connectivity index (χ0) is 13.0. The van der Waals surface area contributed by atoms with Crippen LogP contribution >= 0.6 is 23.2 Å². The number of nitrogens with one attached hydrogen (secondary N) is 1. The molecule has 0 bridgehead atoms. The Labute approximate surface area is 117 Å². The van der Waals surface area contributed by atoms with Crippen LogP contribution in [0.3, 0.4) is 0 Å². The van der Waals surface area contributed by atoms with E-state index in [9.17, 15) is 0 Å². The van der Waals surface area contributed by atoms with Gasteiger partial charge in [-0.3, -0.25) is 4.98 Å². The summed E-state index contributed by atoms with van der Waals surface area (Å²) in [7, 11) is 0. The second-order valence-corrected chi connectivity index (χ2v) is 4.95. The van der Waals surface area contributed by atoms with Gasteiger partial charge in [0.05, 0.1) is 10.0 Å². The lowest BCUT2D eigenvalue weighted by Crippen LogP contribution is -2.18. The second kappa shape index (κ2) is 6.19. The van der Waals surface area contributed by atoms with Crippen LogP contribution in [0.1, 0.15) is 24.1 Å². The van der Waals surface area contributed by atoms with Crippen LogP contribution in [0.2, 0.25) is 10.0 Å². The molecule has 18 heavy (non-hydrogen) atoms. The van der Waals surface area contributed by atoms with Gasteiger partial charge in [0, 0.05) is 25.0 Å². The van der Waals surface area contributed by atoms with E-state index in [-0.39, 0.29) is 6.04 Å². The Morgan fingerprint density at radius 2 is 1.83 bits per heavy atom. The SMILES string of the molecule is CC(NCc1ccncc1)c1ccc(Cl)c(Cl)c1. The van der Waals surface area contributed by atoms with Gasteiger partial charge in [0.25, 0.3) is 0 Å². The van der Waals surface area contributed by atoms with Crippen molar-refractivity contribution >= 4 is 23.2 Å². The molecule has 2 aromatic rings. The maximum Gasteiger partial charge on any atom is 0.0595 e. The summed E-state index contributed by atoms with van der Waals surface area (Å²) in [5.74, 6) is 0. The van der Waals surface area contributed by atoms with E-state index >= 15 is 0 Å². The van der Waals surface area contributed by atoms with Crippen molar-refractivity contribution in [2.45, 2.75) is 19.5 Å². The van der Waals surface area contributed by atoms with E-state index < -0.39 is 0 Å². The van der Waals surface area contributed by atoms with Gasteiger partial charge in [-0.05, 0) is 42.3 Å². The maximum atomic E-state index is 6.01. The Kier molecular flexibility index (Phi) is 4.59. The van der Waals surface area contributed by atoms with Crippen molar-refractivity contribution in [2.75, 3.05) is 0 Å². The molecule has 0 aliphatic rings. The fraction of sp³-hybridized carbons (Fsp3) is 0.214. The predicted octanol–water partition coefficient (Wildman–Crippen LogP) is 4.24. The summed E-state index contributed by atoms with van der Waals surface area (Å²) in [5.41, 5.74) is 2.33. The maximum absolute atomic E-state index is 6.01. The Balaban J connectivity index is 1.99. The van der Waals surface area contributed by atoms with Crippen molar-refractivity contribution in [3.63, 3.8) is 0 Å². The number of nitrogens with zero attached hydrogens (tertiary/aromatic N) is 1. The number of aromatic nitrogens is 1. The first-order valence-electron chi connectivity index (χ1n) is 5.74. The average molecular weight is 281 g/mol. The normalized spacial score (nSPS) is 12.4. The molecular formula is C14H14Cl2N2. The number of benzene rings is 1. The molecule has 2 nitrogen and oxygen atoms in total. The van der Waals surface area contributed by atoms with Crippen LogP contribution in [0.15, 0.2) is 42.7 Å². The van der Waals surface area contributed by atoms with Crippen LogP contribution in [0.5, 0.6) is 0 Å². The number of pyridine rings is 1. The monoisotopic (exact) mass is 280 g/mol. The van der Waals surface area contributed by atoms with Crippen LogP contribution in [-0.2, 0) is 6.54 Å². The zero-order valence-corrected chi connectivity index (χ0v) is 11.5. The molecule has 4 heteroatoms. The lowest BCUT2D eigenvalue weighted by Gasteiger charge is -2.15. The summed E-state index contributed by atoms with van der Waals surface area (Å²) < 4.78 is 0. The van der Waals surface area contributed by atoms with Gasteiger partial charge >= 0.3 is 0 Å². The van der Waals surface area contributed by atoms with Gasteiger partial charge in [0.2, 0.25) is 0 Å². The van der Waals surface area contributed by atoms with Crippen molar-refractivity contribution < 1.29 is 0 Å². The van der Waals surface area contributed by atoms with Crippen molar-refractivity contribution in [3.05, 3.63) is 63.9 Å². The first-order valence-corrected chi connectivity index (χ1v) is 6.49. The highest BCUT2D eigenvalue weighted by Gasteiger charge is 2.07. The first-order chi connectivity index (χ1) is 8.66. The molecule has 0 fully saturated rings. The summed E-state index contributed by atoms with van der Waals surface area (Å²) in [6, 6.07) is 9.91. The predicted molar refractivity (Wildman–Crippen MR) is 76.0 cm³/mol. The minimum absolute atomic E-state index is 0.216. The average Bonchev–Trinajstić information content (AvgIpc) is 2.40. The molecule has 1 N–H and O–H groups in total. The Morgan fingerprint density at radius 1 is 1.11 bits per heavy atom. The van der Waals surface area contributed by atoms with E-state index in [0.717, 1.165) is 12.1 Å². The van der Waals surface area contributed by atoms with Gasteiger partial charge < -0.3 is 5.32 Å². The summed E-state index contributed by atoms with van der Waals surface area (Å²) in [4.78, 5) is 3.99. The highest BCUT2D eigenvalue weighted by atomic mass is 35.5. The molecular weight excluding hydrogens is 267 g/mol. The quantitative estimate of drug-likeness (QED) is 0.906. The summed E-state index contributed by atoms with van der Waals surface area (Å²) in [6.07, 6.45) is 3.58. The van der Waals surface area contributed by atoms with Crippen molar-refractivity contribution in [1.29, 1.82) is 0 Å². The van der Waals surface area contributed by atoms with Crippen LogP contribution < -0.4 is 5.32 Å². The fourth-order valence-corrected chi connectivity index (χ4v) is 1.98. The molecule has 2 rings (SSSR count). The third-order valence-corrected chi connectivity index (χ3v) is 3.54. The molecule has 1 unspecified atom stereocenters. The standard InChI is InChI=1S/C14H14Cl2N2/c1-10(12-2-3-13(15)14(16)8-12)18-9-11-4-6-17-7-5-11/h2-8,10,18H,9H2,1H3. The fourth-order valence-electron chi connectivity index (χ4n) is 1.67. The van der Waals surface area contributed by atoms with E-state index in [0.29, 0.717) is 10.0 Å². The number of rotatable bonds is 4. The van der Waals surface area contributed by atoms with E-state index in [2.05, 4.69) is 17.2 Å². The largest absolute Gasteiger partial charge is 0.306 e. The molecule has 0 spiro atoms. The zero-order valence-electron chi connectivity index (χ0n) is 10.0. The molecule has 0 aliphatic heterocycles. The van der Waals surface area contributed by atoms with Crippen LogP contribution in [-0.4, -0.2) is 4.98 Å². The van der Waals surface area contributed by atoms with Crippen molar-refractivity contribution in [3.8, 4) is 0 Å². The number of halogens is 2. The second-order valence-electron chi connectivity index (χ2n) is 4.13. The van der Waals surface area contributed by atoms with Gasteiger partial charge in [0.1, 0.15) is 0 Å². The minimum atomic E-state index is 0.216. The Bertz CT molecular complexity index is 514. The van der Waals surface area contributed by atoms with Gasteiger partial charge in [0.15, 0.2) is 0 Å². The highest BCUT2D eigenvalue weighted by molar-refractivity contribution is 6.42. The van der Waals surface area contributed by atoms with Gasteiger partial charge in [-0.15, -0.1) is 0 Å². The highest BCUT2D eigenvalue weighted by Crippen LogP contribution is 2.25. The Morgan fingerprint density at radius 3 is 2.50 bits per heavy atom. The molecule has 1 atom stereocenters. The molecule has 0 aliphatic carbocycles. The number of hydrogen-bond donors (Lipinski definition) is 1. The van der Waals surface area contributed by atoms with Crippen molar-refractivity contribution in [1.82, 2.24) is 10.3 Å². The molecule has 94 valence electrons. The topological polar surface area (TPSA) is 24.9 Å². The summed E-state index contributed by atoms with van der Waals surface area (Å²) >= 11 is 11.9. The molecule has 0 saturated heterocycles. The molecule has 1 aromatic carbocycles. The lowest BCUT2D eigenvalue weighted by atomic mass is 10.1. The smallest absolute Gasteiger partial charge is 0.0595 e. The lowest BCUT2D eigenvalue weighted by molar-refractivity contribution is 0.574. The minimum Gasteiger partial charge on any atom is -0.306 e. The van der Waals surface area contributed by atoms with Crippen molar-refractivity contribution in [2.24, 2.45) is 0 Å². The molecule has 0 radical (unpaired) electrons. The van der Waals surface area contributed by atoms with Gasteiger partial charge in [-0.1, -0.05) is 29.3 Å². The molecule has 1 heterocycles. The first kappa shape index (κ1) is 13.3. The molecule has 0 saturated carbocycles. The van der Waals surface area contributed by atoms with E-state index in [4.69, 9.17) is 23.2 Å². The van der Waals surface area contributed by atoms with Crippen LogP contribution in [0.25, 0.3) is 0 Å². The van der Waals surface area contributed by atoms with Gasteiger partial charge in [-0.25, -0.2) is 0 Å². The molecule has 0 amide bonds. The third kappa shape index (κ3) is 3.45. The third-order valence-electron chi connectivity index (χ3n) is 2.81. The summed E-state index contributed by atoms with van der Waals surface area (Å²) in [5, 5.41) is 4.61. The Hall–Kier alpha value is -1.09. The molecule has 1 aromatic heterocycles. The van der Waals surface area contributed by atoms with E-state index in [1.807, 2.05) is 30.3 Å². The van der Waals surface area contributed by atoms with Crippen LogP contribution in [0, 0.1) is 0 Å². The summed E-state index contributed by atoms with van der Waals surface area (Å²) in [6.45, 7) is 2.89.